The first kappa shape index (κ1) is 16.6. The van der Waals surface area contributed by atoms with Crippen molar-refractivity contribution in [3.63, 3.8) is 0 Å². The number of fused-ring (bicyclic) bond motifs is 1. The molecule has 130 valence electrons. The van der Waals surface area contributed by atoms with Gasteiger partial charge in [-0.1, -0.05) is 6.92 Å². The van der Waals surface area contributed by atoms with Crippen molar-refractivity contribution in [2.45, 2.75) is 26.3 Å². The molecule has 0 saturated carbocycles. The first-order valence-electron chi connectivity index (χ1n) is 8.30. The van der Waals surface area contributed by atoms with Gasteiger partial charge in [0, 0.05) is 36.3 Å². The predicted octanol–water partition coefficient (Wildman–Crippen LogP) is 2.87. The topological polar surface area (TPSA) is 59.6 Å². The van der Waals surface area contributed by atoms with E-state index >= 15 is 0 Å². The molecule has 2 aromatic rings. The lowest BCUT2D eigenvalue weighted by Gasteiger charge is -2.26. The number of nitrogens with zero attached hydrogens (tertiary/aromatic N) is 2. The Hall–Kier alpha value is -2.21. The number of rotatable bonds is 6. The van der Waals surface area contributed by atoms with Crippen LogP contribution in [0, 0.1) is 0 Å². The minimum absolute atomic E-state index is 0.598. The number of aromatic amines is 1. The summed E-state index contributed by atoms with van der Waals surface area (Å²) < 4.78 is 16.3. The Balaban J connectivity index is 2.03. The minimum atomic E-state index is 0.598. The fourth-order valence-electron chi connectivity index (χ4n) is 3.31. The van der Waals surface area contributed by atoms with Crippen molar-refractivity contribution < 1.29 is 14.2 Å². The van der Waals surface area contributed by atoms with Crippen molar-refractivity contribution in [3.8, 4) is 28.5 Å². The van der Waals surface area contributed by atoms with Crippen molar-refractivity contribution in [2.75, 3.05) is 34.4 Å². The molecule has 0 spiro atoms. The van der Waals surface area contributed by atoms with Crippen molar-refractivity contribution in [2.24, 2.45) is 0 Å². The van der Waals surface area contributed by atoms with Gasteiger partial charge in [-0.15, -0.1) is 0 Å². The van der Waals surface area contributed by atoms with Gasteiger partial charge in [0.25, 0.3) is 0 Å². The second kappa shape index (κ2) is 7.13. The van der Waals surface area contributed by atoms with Crippen LogP contribution in [-0.2, 0) is 13.0 Å². The normalized spacial score (nSPS) is 14.3. The third kappa shape index (κ3) is 2.94. The third-order valence-electron chi connectivity index (χ3n) is 4.49. The summed E-state index contributed by atoms with van der Waals surface area (Å²) in [6.45, 7) is 5.33. The van der Waals surface area contributed by atoms with Crippen LogP contribution < -0.4 is 14.2 Å². The molecule has 0 bridgehead atoms. The minimum Gasteiger partial charge on any atom is -0.493 e. The molecular weight excluding hydrogens is 306 g/mol. The van der Waals surface area contributed by atoms with E-state index in [0.717, 1.165) is 43.7 Å². The Morgan fingerprint density at radius 1 is 1.12 bits per heavy atom. The predicted molar refractivity (Wildman–Crippen MR) is 93.0 cm³/mol. The van der Waals surface area contributed by atoms with Crippen LogP contribution in [0.5, 0.6) is 17.2 Å². The van der Waals surface area contributed by atoms with E-state index in [9.17, 15) is 0 Å². The van der Waals surface area contributed by atoms with Gasteiger partial charge in [-0.05, 0) is 25.1 Å². The van der Waals surface area contributed by atoms with E-state index in [0.29, 0.717) is 17.2 Å². The maximum absolute atomic E-state index is 5.47. The maximum Gasteiger partial charge on any atom is 0.203 e. The van der Waals surface area contributed by atoms with Gasteiger partial charge in [0.2, 0.25) is 5.75 Å². The van der Waals surface area contributed by atoms with Crippen LogP contribution in [0.1, 0.15) is 24.6 Å². The van der Waals surface area contributed by atoms with Crippen LogP contribution in [0.25, 0.3) is 11.3 Å². The highest BCUT2D eigenvalue weighted by Gasteiger charge is 2.24. The Morgan fingerprint density at radius 2 is 1.83 bits per heavy atom. The van der Waals surface area contributed by atoms with Gasteiger partial charge in [0.15, 0.2) is 11.5 Å². The average molecular weight is 331 g/mol. The van der Waals surface area contributed by atoms with Gasteiger partial charge >= 0.3 is 0 Å². The van der Waals surface area contributed by atoms with Gasteiger partial charge in [-0.2, -0.15) is 5.10 Å². The summed E-state index contributed by atoms with van der Waals surface area (Å²) in [7, 11) is 4.87. The Morgan fingerprint density at radius 3 is 2.42 bits per heavy atom. The molecule has 0 radical (unpaired) electrons. The number of methoxy groups -OCH3 is 3. The molecule has 1 N–H and O–H groups in total. The number of hydrogen-bond donors (Lipinski definition) is 1. The Labute approximate surface area is 142 Å². The first-order valence-corrected chi connectivity index (χ1v) is 8.30. The molecule has 0 unspecified atom stereocenters. The molecule has 3 rings (SSSR count). The van der Waals surface area contributed by atoms with Crippen LogP contribution in [0.15, 0.2) is 12.1 Å². The third-order valence-corrected chi connectivity index (χ3v) is 4.49. The molecule has 6 heteroatoms. The summed E-state index contributed by atoms with van der Waals surface area (Å²) in [6.07, 6.45) is 2.17. The van der Waals surface area contributed by atoms with Crippen molar-refractivity contribution in [1.29, 1.82) is 0 Å². The second-order valence-corrected chi connectivity index (χ2v) is 5.97. The van der Waals surface area contributed by atoms with Gasteiger partial charge < -0.3 is 14.2 Å². The molecule has 0 saturated heterocycles. The second-order valence-electron chi connectivity index (χ2n) is 5.97. The molecule has 2 heterocycles. The summed E-state index contributed by atoms with van der Waals surface area (Å²) in [4.78, 5) is 2.47. The van der Waals surface area contributed by atoms with E-state index in [1.54, 1.807) is 21.3 Å². The molecule has 1 aromatic heterocycles. The van der Waals surface area contributed by atoms with E-state index in [-0.39, 0.29) is 0 Å². The number of ether oxygens (including phenoxy) is 3. The monoisotopic (exact) mass is 331 g/mol. The smallest absolute Gasteiger partial charge is 0.203 e. The number of aromatic nitrogens is 2. The summed E-state index contributed by atoms with van der Waals surface area (Å²) in [5.74, 6) is 1.88. The van der Waals surface area contributed by atoms with E-state index in [1.165, 1.54) is 11.3 Å². The summed E-state index contributed by atoms with van der Waals surface area (Å²) in [6, 6.07) is 3.91. The summed E-state index contributed by atoms with van der Waals surface area (Å²) in [5, 5.41) is 7.77. The van der Waals surface area contributed by atoms with Crippen LogP contribution >= 0.6 is 0 Å². The highest BCUT2D eigenvalue weighted by atomic mass is 16.5. The molecular formula is C18H25N3O3. The molecule has 0 aliphatic carbocycles. The molecule has 6 nitrogen and oxygen atoms in total. The van der Waals surface area contributed by atoms with Crippen LogP contribution in [0.3, 0.4) is 0 Å². The molecule has 0 atom stereocenters. The van der Waals surface area contributed by atoms with Gasteiger partial charge in [0.05, 0.1) is 27.0 Å². The Bertz CT molecular complexity index is 687. The molecule has 0 fully saturated rings. The number of benzene rings is 1. The van der Waals surface area contributed by atoms with Gasteiger partial charge in [0.1, 0.15) is 0 Å². The molecule has 1 aliphatic heterocycles. The van der Waals surface area contributed by atoms with Crippen molar-refractivity contribution in [1.82, 2.24) is 15.1 Å². The standard InChI is InChI=1S/C18H25N3O3/c1-5-7-21-8-6-14-13(11-21)17(20-19-14)12-9-15(22-2)18(24-4)16(10-12)23-3/h9-10H,5-8,11H2,1-4H3,(H,19,20). The quantitative estimate of drug-likeness (QED) is 0.882. The lowest BCUT2D eigenvalue weighted by atomic mass is 10.00. The van der Waals surface area contributed by atoms with Crippen molar-refractivity contribution >= 4 is 0 Å². The average Bonchev–Trinajstić information content (AvgIpc) is 3.03. The zero-order valence-electron chi connectivity index (χ0n) is 14.8. The fourth-order valence-corrected chi connectivity index (χ4v) is 3.31. The number of hydrogen-bond acceptors (Lipinski definition) is 5. The fraction of sp³-hybridized carbons (Fsp3) is 0.500. The highest BCUT2D eigenvalue weighted by Crippen LogP contribution is 2.42. The van der Waals surface area contributed by atoms with E-state index in [2.05, 4.69) is 22.0 Å². The highest BCUT2D eigenvalue weighted by molar-refractivity contribution is 5.71. The SMILES string of the molecule is CCCN1CCc2[nH]nc(-c3cc(OC)c(OC)c(OC)c3)c2C1. The lowest BCUT2D eigenvalue weighted by molar-refractivity contribution is 0.254. The molecule has 0 amide bonds. The Kier molecular flexibility index (Phi) is 4.94. The van der Waals surface area contributed by atoms with Crippen LogP contribution in [-0.4, -0.2) is 49.5 Å². The lowest BCUT2D eigenvalue weighted by Crippen LogP contribution is -2.31. The van der Waals surface area contributed by atoms with Crippen LogP contribution in [0.2, 0.25) is 0 Å². The maximum atomic E-state index is 5.47. The van der Waals surface area contributed by atoms with E-state index in [1.807, 2.05) is 12.1 Å². The number of H-pyrrole nitrogens is 1. The van der Waals surface area contributed by atoms with Gasteiger partial charge in [-0.25, -0.2) is 0 Å². The molecule has 1 aromatic carbocycles. The number of nitrogens with one attached hydrogen (secondary N) is 1. The summed E-state index contributed by atoms with van der Waals surface area (Å²) >= 11 is 0. The summed E-state index contributed by atoms with van der Waals surface area (Å²) in [5.41, 5.74) is 4.43. The van der Waals surface area contributed by atoms with Gasteiger partial charge in [-0.3, -0.25) is 10.00 Å². The van der Waals surface area contributed by atoms with Crippen molar-refractivity contribution in [3.05, 3.63) is 23.4 Å². The largest absolute Gasteiger partial charge is 0.493 e. The first-order chi connectivity index (χ1) is 11.7. The zero-order chi connectivity index (χ0) is 17.1. The zero-order valence-corrected chi connectivity index (χ0v) is 14.8. The molecule has 1 aliphatic rings. The molecule has 24 heavy (non-hydrogen) atoms. The van der Waals surface area contributed by atoms with E-state index in [4.69, 9.17) is 14.2 Å². The van der Waals surface area contributed by atoms with Crippen LogP contribution in [0.4, 0.5) is 0 Å². The van der Waals surface area contributed by atoms with E-state index < -0.39 is 0 Å².